The molecule has 4 heteroatoms. The second kappa shape index (κ2) is 9.09. The normalized spacial score (nSPS) is 10.5. The number of hydrogen-bond donors (Lipinski definition) is 1. The minimum Gasteiger partial charge on any atom is -0.506 e. The quantitative estimate of drug-likeness (QED) is 0.563. The minimum atomic E-state index is -0.565. The molecule has 0 saturated carbocycles. The van der Waals surface area contributed by atoms with Gasteiger partial charge in [-0.25, -0.2) is 4.79 Å². The molecule has 0 unspecified atom stereocenters. The number of aromatic hydroxyl groups is 1. The average molecular weight is 376 g/mol. The van der Waals surface area contributed by atoms with Crippen molar-refractivity contribution in [3.8, 4) is 22.6 Å². The number of methoxy groups -OCH3 is 1. The van der Waals surface area contributed by atoms with E-state index in [1.54, 1.807) is 6.07 Å². The highest BCUT2D eigenvalue weighted by Gasteiger charge is 2.21. The summed E-state index contributed by atoms with van der Waals surface area (Å²) in [6, 6.07) is 20.9. The van der Waals surface area contributed by atoms with Crippen LogP contribution < -0.4 is 4.74 Å². The van der Waals surface area contributed by atoms with Gasteiger partial charge in [-0.1, -0.05) is 67.9 Å². The van der Waals surface area contributed by atoms with E-state index in [-0.39, 0.29) is 11.3 Å². The number of ether oxygens (including phenoxy) is 2. The summed E-state index contributed by atoms with van der Waals surface area (Å²) in [4.78, 5) is 12.1. The summed E-state index contributed by atoms with van der Waals surface area (Å²) >= 11 is 0. The van der Waals surface area contributed by atoms with Gasteiger partial charge < -0.3 is 14.6 Å². The molecule has 0 aliphatic heterocycles. The fourth-order valence-electron chi connectivity index (χ4n) is 3.22. The van der Waals surface area contributed by atoms with Crippen molar-refractivity contribution < 1.29 is 19.4 Å². The van der Waals surface area contributed by atoms with Crippen molar-refractivity contribution in [2.45, 2.75) is 26.4 Å². The van der Waals surface area contributed by atoms with E-state index < -0.39 is 5.97 Å². The Balaban J connectivity index is 2.06. The number of para-hydroxylation sites is 1. The van der Waals surface area contributed by atoms with E-state index in [4.69, 9.17) is 9.47 Å². The maximum atomic E-state index is 12.1. The molecule has 1 N–H and O–H groups in total. The molecule has 0 radical (unpaired) electrons. The molecule has 4 nitrogen and oxygen atoms in total. The van der Waals surface area contributed by atoms with Crippen LogP contribution in [-0.2, 0) is 17.8 Å². The molecule has 3 aromatic carbocycles. The SMILES string of the molecule is CCCc1ccc(C(=O)OC)c(O)c1-c1ccccc1OCc1ccccc1. The summed E-state index contributed by atoms with van der Waals surface area (Å²) in [6.45, 7) is 2.49. The van der Waals surface area contributed by atoms with Crippen molar-refractivity contribution in [1.82, 2.24) is 0 Å². The molecule has 3 rings (SSSR count). The van der Waals surface area contributed by atoms with Crippen LogP contribution in [-0.4, -0.2) is 18.2 Å². The van der Waals surface area contributed by atoms with Crippen molar-refractivity contribution in [3.05, 3.63) is 83.4 Å². The van der Waals surface area contributed by atoms with Crippen molar-refractivity contribution in [2.24, 2.45) is 0 Å². The van der Waals surface area contributed by atoms with Crippen LogP contribution >= 0.6 is 0 Å². The lowest BCUT2D eigenvalue weighted by molar-refractivity contribution is 0.0597. The van der Waals surface area contributed by atoms with Crippen LogP contribution in [0.15, 0.2) is 66.7 Å². The summed E-state index contributed by atoms with van der Waals surface area (Å²) in [5.41, 5.74) is 3.54. The maximum Gasteiger partial charge on any atom is 0.341 e. The van der Waals surface area contributed by atoms with E-state index >= 15 is 0 Å². The molecule has 0 saturated heterocycles. The van der Waals surface area contributed by atoms with Crippen LogP contribution in [0.2, 0.25) is 0 Å². The lowest BCUT2D eigenvalue weighted by Crippen LogP contribution is -2.04. The van der Waals surface area contributed by atoms with E-state index in [0.717, 1.165) is 29.5 Å². The van der Waals surface area contributed by atoms with E-state index in [9.17, 15) is 9.90 Å². The molecular formula is C24H24O4. The average Bonchev–Trinajstić information content (AvgIpc) is 2.73. The van der Waals surface area contributed by atoms with Gasteiger partial charge in [0.1, 0.15) is 23.7 Å². The van der Waals surface area contributed by atoms with E-state index in [2.05, 4.69) is 6.92 Å². The predicted molar refractivity (Wildman–Crippen MR) is 110 cm³/mol. The van der Waals surface area contributed by atoms with Crippen LogP contribution in [0.1, 0.15) is 34.8 Å². The summed E-state index contributed by atoms with van der Waals surface area (Å²) in [5.74, 6) is 0.0130. The highest BCUT2D eigenvalue weighted by atomic mass is 16.5. The number of phenols is 1. The zero-order valence-electron chi connectivity index (χ0n) is 16.1. The molecule has 0 fully saturated rings. The molecule has 0 aromatic heterocycles. The zero-order valence-corrected chi connectivity index (χ0v) is 16.1. The first-order chi connectivity index (χ1) is 13.7. The van der Waals surface area contributed by atoms with Gasteiger partial charge in [0, 0.05) is 11.1 Å². The first-order valence-corrected chi connectivity index (χ1v) is 9.35. The van der Waals surface area contributed by atoms with Gasteiger partial charge in [0.2, 0.25) is 0 Å². The standard InChI is InChI=1S/C24H24O4/c1-3-9-18-14-15-20(24(26)27-2)23(25)22(18)19-12-7-8-13-21(19)28-16-17-10-5-4-6-11-17/h4-8,10-15,25H,3,9,16H2,1-2H3. The first-order valence-electron chi connectivity index (χ1n) is 9.35. The van der Waals surface area contributed by atoms with Crippen LogP contribution in [0, 0.1) is 0 Å². The molecule has 0 heterocycles. The smallest absolute Gasteiger partial charge is 0.341 e. The lowest BCUT2D eigenvalue weighted by atomic mass is 9.92. The Morgan fingerprint density at radius 1 is 0.964 bits per heavy atom. The molecule has 144 valence electrons. The number of phenolic OH excluding ortho intramolecular Hbond substituents is 1. The topological polar surface area (TPSA) is 55.8 Å². The molecule has 0 bridgehead atoms. The Bertz CT molecular complexity index is 948. The van der Waals surface area contributed by atoms with Gasteiger partial charge in [0.05, 0.1) is 7.11 Å². The highest BCUT2D eigenvalue weighted by Crippen LogP contribution is 2.41. The zero-order chi connectivity index (χ0) is 19.9. The third-order valence-corrected chi connectivity index (χ3v) is 4.58. The number of benzene rings is 3. The van der Waals surface area contributed by atoms with Crippen molar-refractivity contribution in [2.75, 3.05) is 7.11 Å². The van der Waals surface area contributed by atoms with E-state index in [1.165, 1.54) is 7.11 Å². The van der Waals surface area contributed by atoms with Crippen molar-refractivity contribution in [3.63, 3.8) is 0 Å². The van der Waals surface area contributed by atoms with Gasteiger partial charge in [0.15, 0.2) is 0 Å². The third-order valence-electron chi connectivity index (χ3n) is 4.58. The molecule has 0 aliphatic carbocycles. The predicted octanol–water partition coefficient (Wildman–Crippen LogP) is 5.38. The summed E-state index contributed by atoms with van der Waals surface area (Å²) < 4.78 is 10.9. The Morgan fingerprint density at radius 2 is 1.68 bits per heavy atom. The van der Waals surface area contributed by atoms with Crippen molar-refractivity contribution >= 4 is 5.97 Å². The van der Waals surface area contributed by atoms with Gasteiger partial charge in [-0.2, -0.15) is 0 Å². The van der Waals surface area contributed by atoms with E-state index in [1.807, 2.05) is 60.7 Å². The molecule has 0 spiro atoms. The second-order valence-electron chi connectivity index (χ2n) is 6.51. The molecule has 0 atom stereocenters. The fraction of sp³-hybridized carbons (Fsp3) is 0.208. The van der Waals surface area contributed by atoms with Crippen LogP contribution in [0.3, 0.4) is 0 Å². The minimum absolute atomic E-state index is 0.0754. The van der Waals surface area contributed by atoms with Gasteiger partial charge in [-0.05, 0) is 29.7 Å². The molecule has 0 aliphatic rings. The summed E-state index contributed by atoms with van der Waals surface area (Å²) in [5, 5.41) is 10.9. The highest BCUT2D eigenvalue weighted by molar-refractivity contribution is 5.96. The van der Waals surface area contributed by atoms with Gasteiger partial charge in [-0.15, -0.1) is 0 Å². The largest absolute Gasteiger partial charge is 0.506 e. The monoisotopic (exact) mass is 376 g/mol. The Kier molecular flexibility index (Phi) is 6.33. The third kappa shape index (κ3) is 4.17. The number of esters is 1. The van der Waals surface area contributed by atoms with Crippen LogP contribution in [0.4, 0.5) is 0 Å². The van der Waals surface area contributed by atoms with Crippen LogP contribution in [0.5, 0.6) is 11.5 Å². The second-order valence-corrected chi connectivity index (χ2v) is 6.51. The van der Waals surface area contributed by atoms with Crippen molar-refractivity contribution in [1.29, 1.82) is 0 Å². The maximum absolute atomic E-state index is 12.1. The van der Waals surface area contributed by atoms with Gasteiger partial charge in [0.25, 0.3) is 0 Å². The first kappa shape index (κ1) is 19.5. The summed E-state index contributed by atoms with van der Waals surface area (Å²) in [6.07, 6.45) is 1.69. The van der Waals surface area contributed by atoms with E-state index in [0.29, 0.717) is 17.9 Å². The lowest BCUT2D eigenvalue weighted by Gasteiger charge is -2.17. The molecular weight excluding hydrogens is 352 g/mol. The summed E-state index contributed by atoms with van der Waals surface area (Å²) in [7, 11) is 1.30. The molecule has 0 amide bonds. The Labute approximate surface area is 165 Å². The number of carbonyl (C=O) groups is 1. The number of hydrogen-bond acceptors (Lipinski definition) is 4. The number of aryl methyl sites for hydroxylation is 1. The number of carbonyl (C=O) groups excluding carboxylic acids is 1. The van der Waals surface area contributed by atoms with Gasteiger partial charge >= 0.3 is 5.97 Å². The Morgan fingerprint density at radius 3 is 2.39 bits per heavy atom. The number of rotatable bonds is 7. The Hall–Kier alpha value is -3.27. The fourth-order valence-corrected chi connectivity index (χ4v) is 3.22. The van der Waals surface area contributed by atoms with Gasteiger partial charge in [-0.3, -0.25) is 0 Å². The van der Waals surface area contributed by atoms with Crippen LogP contribution in [0.25, 0.3) is 11.1 Å². The molecule has 28 heavy (non-hydrogen) atoms. The molecule has 3 aromatic rings.